The lowest BCUT2D eigenvalue weighted by Crippen LogP contribution is -2.17. The Morgan fingerprint density at radius 2 is 1.93 bits per heavy atom. The maximum Gasteiger partial charge on any atom is 0.272 e. The first-order valence-corrected chi connectivity index (χ1v) is 9.15. The number of halogens is 1. The molecule has 0 radical (unpaired) electrons. The van der Waals surface area contributed by atoms with Gasteiger partial charge in [0.2, 0.25) is 0 Å². The number of fused-ring (bicyclic) bond motifs is 1. The van der Waals surface area contributed by atoms with E-state index in [9.17, 15) is 4.79 Å². The van der Waals surface area contributed by atoms with Crippen molar-refractivity contribution in [2.45, 2.75) is 6.54 Å². The average Bonchev–Trinajstić information content (AvgIpc) is 3.08. The third-order valence-electron chi connectivity index (χ3n) is 4.41. The third kappa shape index (κ3) is 3.80. The van der Waals surface area contributed by atoms with Crippen molar-refractivity contribution in [2.75, 3.05) is 0 Å². The molecule has 2 aromatic heterocycles. The largest absolute Gasteiger partial charge is 0.342 e. The first-order chi connectivity index (χ1) is 13.7. The fraction of sp³-hybridized carbons (Fsp3) is 0.0455. The van der Waals surface area contributed by atoms with Gasteiger partial charge < -0.3 is 4.57 Å². The number of benzene rings is 2. The highest BCUT2D eigenvalue weighted by Gasteiger charge is 2.09. The van der Waals surface area contributed by atoms with Gasteiger partial charge in [-0.2, -0.15) is 5.10 Å². The van der Waals surface area contributed by atoms with Crippen LogP contribution in [0.3, 0.4) is 0 Å². The Labute approximate surface area is 167 Å². The molecule has 0 aliphatic heterocycles. The number of nitrogens with zero attached hydrogens (tertiary/aromatic N) is 3. The summed E-state index contributed by atoms with van der Waals surface area (Å²) in [6.45, 7) is 0.649. The van der Waals surface area contributed by atoms with Gasteiger partial charge in [-0.15, -0.1) is 0 Å². The molecule has 6 heteroatoms. The minimum Gasteiger partial charge on any atom is -0.342 e. The maximum absolute atomic E-state index is 12.1. The molecule has 2 aromatic carbocycles. The minimum absolute atomic E-state index is 0.302. The van der Waals surface area contributed by atoms with Crippen molar-refractivity contribution in [3.05, 3.63) is 101 Å². The molecule has 2 heterocycles. The van der Waals surface area contributed by atoms with Gasteiger partial charge in [0, 0.05) is 46.6 Å². The van der Waals surface area contributed by atoms with Gasteiger partial charge in [-0.1, -0.05) is 48.0 Å². The van der Waals surface area contributed by atoms with E-state index in [2.05, 4.69) is 26.1 Å². The molecule has 0 atom stereocenters. The normalized spacial score (nSPS) is 11.2. The van der Waals surface area contributed by atoms with Gasteiger partial charge in [-0.25, -0.2) is 5.43 Å². The Balaban J connectivity index is 1.59. The van der Waals surface area contributed by atoms with Gasteiger partial charge >= 0.3 is 0 Å². The Morgan fingerprint density at radius 1 is 1.11 bits per heavy atom. The van der Waals surface area contributed by atoms with Gasteiger partial charge in [-0.3, -0.25) is 9.78 Å². The molecule has 1 N–H and O–H groups in total. The summed E-state index contributed by atoms with van der Waals surface area (Å²) in [5.74, 6) is -0.302. The summed E-state index contributed by atoms with van der Waals surface area (Å²) in [5.41, 5.74) is 6.02. The van der Waals surface area contributed by atoms with Crippen LogP contribution < -0.4 is 5.43 Å². The zero-order valence-corrected chi connectivity index (χ0v) is 15.7. The first kappa shape index (κ1) is 17.9. The van der Waals surface area contributed by atoms with Crippen molar-refractivity contribution in [2.24, 2.45) is 5.10 Å². The fourth-order valence-corrected chi connectivity index (χ4v) is 3.24. The first-order valence-electron chi connectivity index (χ1n) is 8.77. The lowest BCUT2D eigenvalue weighted by molar-refractivity contribution is 0.0955. The lowest BCUT2D eigenvalue weighted by Gasteiger charge is -2.07. The molecule has 0 bridgehead atoms. The van der Waals surface area contributed by atoms with Crippen molar-refractivity contribution >= 4 is 34.6 Å². The number of nitrogens with one attached hydrogen (secondary N) is 1. The van der Waals surface area contributed by atoms with E-state index in [1.54, 1.807) is 24.5 Å². The molecule has 138 valence electrons. The molecule has 0 saturated carbocycles. The lowest BCUT2D eigenvalue weighted by atomic mass is 10.2. The number of hydrogen-bond acceptors (Lipinski definition) is 3. The molecule has 0 unspecified atom stereocenters. The summed E-state index contributed by atoms with van der Waals surface area (Å²) in [6.07, 6.45) is 6.78. The molecule has 0 spiro atoms. The molecule has 28 heavy (non-hydrogen) atoms. The van der Waals surface area contributed by atoms with Gasteiger partial charge in [0.15, 0.2) is 0 Å². The molecule has 5 nitrogen and oxygen atoms in total. The van der Waals surface area contributed by atoms with Gasteiger partial charge in [0.1, 0.15) is 0 Å². The smallest absolute Gasteiger partial charge is 0.272 e. The summed E-state index contributed by atoms with van der Waals surface area (Å²) in [4.78, 5) is 16.0. The highest BCUT2D eigenvalue weighted by molar-refractivity contribution is 6.31. The molecule has 4 rings (SSSR count). The maximum atomic E-state index is 12.1. The third-order valence-corrected chi connectivity index (χ3v) is 4.78. The average molecular weight is 389 g/mol. The number of hydrogen-bond donors (Lipinski definition) is 1. The van der Waals surface area contributed by atoms with E-state index in [4.69, 9.17) is 11.6 Å². The van der Waals surface area contributed by atoms with E-state index in [0.717, 1.165) is 27.1 Å². The van der Waals surface area contributed by atoms with E-state index in [1.807, 2.05) is 48.7 Å². The van der Waals surface area contributed by atoms with Gasteiger partial charge in [0.05, 0.1) is 11.8 Å². The predicted molar refractivity (Wildman–Crippen MR) is 112 cm³/mol. The quantitative estimate of drug-likeness (QED) is 0.404. The highest BCUT2D eigenvalue weighted by atomic mass is 35.5. The number of rotatable bonds is 5. The standard InChI is InChI=1S/C22H17ClN4O/c23-20-9-3-1-6-17(20)14-27-15-18(19-8-2-4-10-21(19)27)13-25-26-22(28)16-7-5-11-24-12-16/h1-13,15H,14H2,(H,26,28)/b25-13-. The van der Waals surface area contributed by atoms with Crippen molar-refractivity contribution in [3.8, 4) is 0 Å². The molecule has 0 saturated heterocycles. The Morgan fingerprint density at radius 3 is 2.75 bits per heavy atom. The molecular formula is C22H17ClN4O. The molecule has 0 fully saturated rings. The Bertz CT molecular complexity index is 1150. The zero-order valence-electron chi connectivity index (χ0n) is 14.9. The van der Waals surface area contributed by atoms with Crippen LogP contribution in [0.25, 0.3) is 10.9 Å². The van der Waals surface area contributed by atoms with E-state index in [-0.39, 0.29) is 5.91 Å². The van der Waals surface area contributed by atoms with E-state index >= 15 is 0 Å². The van der Waals surface area contributed by atoms with E-state index in [1.165, 1.54) is 6.20 Å². The van der Waals surface area contributed by atoms with Crippen LogP contribution in [-0.2, 0) is 6.54 Å². The predicted octanol–water partition coefficient (Wildman–Crippen LogP) is 4.50. The zero-order chi connectivity index (χ0) is 19.3. The SMILES string of the molecule is O=C(N/N=C\c1cn(Cc2ccccc2Cl)c2ccccc12)c1cccnc1. The monoisotopic (exact) mass is 388 g/mol. The summed E-state index contributed by atoms with van der Waals surface area (Å²) in [5, 5.41) is 5.90. The van der Waals surface area contributed by atoms with Crippen molar-refractivity contribution in [3.63, 3.8) is 0 Å². The van der Waals surface area contributed by atoms with Crippen LogP contribution in [0.4, 0.5) is 0 Å². The van der Waals surface area contributed by atoms with E-state index < -0.39 is 0 Å². The highest BCUT2D eigenvalue weighted by Crippen LogP contribution is 2.23. The second-order valence-electron chi connectivity index (χ2n) is 6.26. The van der Waals surface area contributed by atoms with Crippen LogP contribution in [-0.4, -0.2) is 21.7 Å². The molecular weight excluding hydrogens is 372 g/mol. The minimum atomic E-state index is -0.302. The fourth-order valence-electron chi connectivity index (χ4n) is 3.04. The number of carbonyl (C=O) groups excluding carboxylic acids is 1. The second kappa shape index (κ2) is 8.06. The summed E-state index contributed by atoms with van der Waals surface area (Å²) in [7, 11) is 0. The number of para-hydroxylation sites is 1. The number of hydrazone groups is 1. The molecule has 1 amide bonds. The van der Waals surface area contributed by atoms with Gasteiger partial charge in [-0.05, 0) is 29.8 Å². The molecule has 0 aliphatic carbocycles. The van der Waals surface area contributed by atoms with Crippen molar-refractivity contribution in [1.29, 1.82) is 0 Å². The van der Waals surface area contributed by atoms with Crippen LogP contribution in [0.2, 0.25) is 5.02 Å². The Kier molecular flexibility index (Phi) is 5.17. The number of carbonyl (C=O) groups is 1. The summed E-state index contributed by atoms with van der Waals surface area (Å²) < 4.78 is 2.13. The van der Waals surface area contributed by atoms with Crippen molar-refractivity contribution < 1.29 is 4.79 Å². The van der Waals surface area contributed by atoms with Crippen LogP contribution in [0.15, 0.2) is 84.4 Å². The molecule has 0 aliphatic rings. The van der Waals surface area contributed by atoms with Crippen LogP contribution >= 0.6 is 11.6 Å². The van der Waals surface area contributed by atoms with Crippen LogP contribution in [0.1, 0.15) is 21.5 Å². The Hall–Kier alpha value is -3.44. The van der Waals surface area contributed by atoms with Crippen LogP contribution in [0.5, 0.6) is 0 Å². The summed E-state index contributed by atoms with van der Waals surface area (Å²) >= 11 is 6.32. The number of amides is 1. The number of pyridine rings is 1. The summed E-state index contributed by atoms with van der Waals surface area (Å²) in [6, 6.07) is 19.3. The molecule has 4 aromatic rings. The van der Waals surface area contributed by atoms with Crippen LogP contribution in [0, 0.1) is 0 Å². The van der Waals surface area contributed by atoms with Gasteiger partial charge in [0.25, 0.3) is 5.91 Å². The topological polar surface area (TPSA) is 59.3 Å². The number of aromatic nitrogens is 2. The van der Waals surface area contributed by atoms with Crippen molar-refractivity contribution in [1.82, 2.24) is 15.0 Å². The van der Waals surface area contributed by atoms with E-state index in [0.29, 0.717) is 12.1 Å². The second-order valence-corrected chi connectivity index (χ2v) is 6.67.